The van der Waals surface area contributed by atoms with Crippen molar-refractivity contribution in [2.45, 2.75) is 45.8 Å². The minimum atomic E-state index is -0.578. The summed E-state index contributed by atoms with van der Waals surface area (Å²) in [4.78, 5) is 32.0. The van der Waals surface area contributed by atoms with Crippen molar-refractivity contribution >= 4 is 28.9 Å². The number of aromatic nitrogens is 5. The van der Waals surface area contributed by atoms with Crippen molar-refractivity contribution in [2.24, 2.45) is 0 Å². The monoisotopic (exact) mass is 602 g/mol. The highest BCUT2D eigenvalue weighted by Gasteiger charge is 2.26. The van der Waals surface area contributed by atoms with E-state index in [2.05, 4.69) is 42.0 Å². The van der Waals surface area contributed by atoms with E-state index < -0.39 is 11.7 Å². The Morgan fingerprint density at radius 1 is 1.00 bits per heavy atom. The highest BCUT2D eigenvalue weighted by atomic mass is 19.1. The average Bonchev–Trinajstić information content (AvgIpc) is 3.46. The Bertz CT molecular complexity index is 1580. The Labute approximate surface area is 256 Å². The molecule has 3 aromatic heterocycles. The maximum atomic E-state index is 12.4. The lowest BCUT2D eigenvalue weighted by Gasteiger charge is -2.35. The molecule has 0 saturated carbocycles. The number of carbonyl (C=O) groups is 1. The zero-order chi connectivity index (χ0) is 31.3. The maximum Gasteiger partial charge on any atom is 0.410 e. The number of hydrogen-bond donors (Lipinski definition) is 1. The van der Waals surface area contributed by atoms with Crippen LogP contribution in [0.5, 0.6) is 0 Å². The fraction of sp³-hybridized carbons (Fsp3) is 0.406. The zero-order valence-electron chi connectivity index (χ0n) is 25.6. The Morgan fingerprint density at radius 2 is 1.68 bits per heavy atom. The van der Waals surface area contributed by atoms with E-state index in [0.29, 0.717) is 24.6 Å². The first-order valence-corrected chi connectivity index (χ1v) is 14.8. The molecule has 1 amide bonds. The van der Waals surface area contributed by atoms with Crippen LogP contribution in [0, 0.1) is 5.82 Å². The van der Waals surface area contributed by atoms with E-state index in [1.165, 1.54) is 17.7 Å². The van der Waals surface area contributed by atoms with E-state index in [9.17, 15) is 14.3 Å². The van der Waals surface area contributed by atoms with E-state index in [-0.39, 0.29) is 11.9 Å². The number of halogens is 1. The molecule has 6 rings (SSSR count). The van der Waals surface area contributed by atoms with Gasteiger partial charge in [-0.3, -0.25) is 0 Å². The van der Waals surface area contributed by atoms with Crippen molar-refractivity contribution < 1.29 is 19.0 Å². The van der Waals surface area contributed by atoms with Crippen LogP contribution in [0.25, 0.3) is 11.1 Å². The fourth-order valence-corrected chi connectivity index (χ4v) is 5.00. The van der Waals surface area contributed by atoms with Crippen LogP contribution < -0.4 is 9.80 Å². The van der Waals surface area contributed by atoms with Crippen LogP contribution in [0.1, 0.15) is 51.3 Å². The number of aliphatic hydroxyl groups excluding tert-OH is 1. The topological polar surface area (TPSA) is 112 Å². The Hall–Kier alpha value is -4.58. The lowest BCUT2D eigenvalue weighted by Crippen LogP contribution is -2.47. The number of ether oxygens (including phenoxy) is 1. The van der Waals surface area contributed by atoms with Gasteiger partial charge in [-0.1, -0.05) is 24.3 Å². The summed E-state index contributed by atoms with van der Waals surface area (Å²) in [6, 6.07) is 10.1. The first-order chi connectivity index (χ1) is 21.1. The van der Waals surface area contributed by atoms with Crippen LogP contribution in [-0.4, -0.2) is 85.5 Å². The molecule has 11 nitrogen and oxygen atoms in total. The summed E-state index contributed by atoms with van der Waals surface area (Å²) < 4.78 is 19.3. The molecular weight excluding hydrogens is 563 g/mol. The number of anilines is 2. The summed E-state index contributed by atoms with van der Waals surface area (Å²) in [6.07, 6.45) is 8.99. The van der Waals surface area contributed by atoms with Crippen LogP contribution in [0.3, 0.4) is 0 Å². The van der Waals surface area contributed by atoms with Crippen molar-refractivity contribution in [3.8, 4) is 0 Å². The van der Waals surface area contributed by atoms with Crippen LogP contribution in [0.15, 0.2) is 67.4 Å². The number of carbonyl (C=O) groups excluding carboxylic acids is 1. The second kappa shape index (κ2) is 13.4. The second-order valence-electron chi connectivity index (χ2n) is 11.8. The second-order valence-corrected chi connectivity index (χ2v) is 11.8. The minimum absolute atomic E-state index is 0.178. The van der Waals surface area contributed by atoms with E-state index in [1.54, 1.807) is 48.7 Å². The molecule has 1 fully saturated rings. The van der Waals surface area contributed by atoms with Gasteiger partial charge < -0.3 is 24.5 Å². The van der Waals surface area contributed by atoms with Crippen molar-refractivity contribution in [3.63, 3.8) is 0 Å². The molecule has 44 heavy (non-hydrogen) atoms. The quantitative estimate of drug-likeness (QED) is 0.354. The first-order valence-electron chi connectivity index (χ1n) is 14.8. The smallest absolute Gasteiger partial charge is 0.410 e. The molecule has 0 radical (unpaired) electrons. The first kappa shape index (κ1) is 30.9. The van der Waals surface area contributed by atoms with Crippen LogP contribution in [0.4, 0.5) is 21.0 Å². The molecule has 1 atom stereocenters. The number of nitrogens with zero attached hydrogens (tertiary/aromatic N) is 8. The number of fused-ring (bicyclic) bond motifs is 1. The number of amides is 1. The lowest BCUT2D eigenvalue weighted by molar-refractivity contribution is 0.0270. The summed E-state index contributed by atoms with van der Waals surface area (Å²) in [5, 5.41) is 14.1. The molecule has 1 aromatic carbocycles. The van der Waals surface area contributed by atoms with Crippen molar-refractivity contribution in [1.82, 2.24) is 29.5 Å². The molecule has 1 N–H and O–H groups in total. The summed E-state index contributed by atoms with van der Waals surface area (Å²) in [7, 11) is 0. The largest absolute Gasteiger partial charge is 0.444 e. The van der Waals surface area contributed by atoms with Gasteiger partial charge in [0.2, 0.25) is 5.95 Å². The maximum absolute atomic E-state index is 12.4. The zero-order valence-corrected chi connectivity index (χ0v) is 25.6. The highest BCUT2D eigenvalue weighted by molar-refractivity contribution is 5.78. The Balaban J connectivity index is 0.000000484. The molecule has 12 heteroatoms. The standard InChI is InChI=1S/C26H34N8O3.C6H5F/c1-18(35)21-14-27-24(28-15-21)32-11-9-31(10-12-32)23-22-13-20(16-34(22)30-17-29-23)19-5-7-33(8-6-19)25(36)37-26(2,3)4;7-6-4-2-1-3-5-6/h5,13-18,35H,6-12H2,1-4H3;1-5H. The molecule has 4 aromatic rings. The minimum Gasteiger partial charge on any atom is -0.444 e. The Kier molecular flexibility index (Phi) is 9.38. The van der Waals surface area contributed by atoms with Gasteiger partial charge in [-0.25, -0.2) is 28.7 Å². The van der Waals surface area contributed by atoms with Gasteiger partial charge >= 0.3 is 6.09 Å². The van der Waals surface area contributed by atoms with E-state index in [0.717, 1.165) is 49.5 Å². The van der Waals surface area contributed by atoms with Gasteiger partial charge in [0.05, 0.1) is 6.10 Å². The molecule has 0 aliphatic carbocycles. The molecule has 232 valence electrons. The van der Waals surface area contributed by atoms with Crippen LogP contribution in [-0.2, 0) is 4.74 Å². The van der Waals surface area contributed by atoms with Crippen LogP contribution >= 0.6 is 0 Å². The van der Waals surface area contributed by atoms with E-state index >= 15 is 0 Å². The van der Waals surface area contributed by atoms with Crippen molar-refractivity contribution in [1.29, 1.82) is 0 Å². The third-order valence-electron chi connectivity index (χ3n) is 7.35. The molecule has 1 saturated heterocycles. The van der Waals surface area contributed by atoms with Crippen molar-refractivity contribution in [2.75, 3.05) is 49.1 Å². The SMILES string of the molecule is CC(O)c1cnc(N2CCN(c3ncnn4cc(C5=CCN(C(=O)OC(C)(C)C)CC5)cc34)CC2)nc1.Fc1ccccc1. The predicted molar refractivity (Wildman–Crippen MR) is 167 cm³/mol. The van der Waals surface area contributed by atoms with Crippen LogP contribution in [0.2, 0.25) is 0 Å². The highest BCUT2D eigenvalue weighted by Crippen LogP contribution is 2.29. The van der Waals surface area contributed by atoms with E-state index in [1.807, 2.05) is 31.5 Å². The molecule has 2 aliphatic rings. The molecule has 0 spiro atoms. The Morgan fingerprint density at radius 3 is 2.25 bits per heavy atom. The van der Waals surface area contributed by atoms with Gasteiger partial charge in [-0.05, 0) is 63.5 Å². The third-order valence-corrected chi connectivity index (χ3v) is 7.35. The summed E-state index contributed by atoms with van der Waals surface area (Å²) >= 11 is 0. The average molecular weight is 603 g/mol. The fourth-order valence-electron chi connectivity index (χ4n) is 5.00. The van der Waals surface area contributed by atoms with Gasteiger partial charge in [-0.15, -0.1) is 0 Å². The van der Waals surface area contributed by atoms with Gasteiger partial charge in [0.1, 0.15) is 23.3 Å². The molecular formula is C32H39FN8O3. The summed E-state index contributed by atoms with van der Waals surface area (Å²) in [5.74, 6) is 1.40. The molecule has 0 bridgehead atoms. The molecule has 1 unspecified atom stereocenters. The lowest BCUT2D eigenvalue weighted by atomic mass is 10.0. The number of rotatable bonds is 4. The number of aliphatic hydroxyl groups is 1. The van der Waals surface area contributed by atoms with Gasteiger partial charge in [-0.2, -0.15) is 5.10 Å². The van der Waals surface area contributed by atoms with Crippen molar-refractivity contribution in [3.05, 3.63) is 84.3 Å². The summed E-state index contributed by atoms with van der Waals surface area (Å²) in [6.45, 7) is 11.6. The predicted octanol–water partition coefficient (Wildman–Crippen LogP) is 4.75. The van der Waals surface area contributed by atoms with E-state index in [4.69, 9.17) is 4.74 Å². The van der Waals surface area contributed by atoms with Gasteiger partial charge in [0.15, 0.2) is 5.82 Å². The third kappa shape index (κ3) is 7.67. The van der Waals surface area contributed by atoms with Gasteiger partial charge in [0, 0.05) is 63.4 Å². The normalized spacial score (nSPS) is 16.2. The molecule has 2 aliphatic heterocycles. The van der Waals surface area contributed by atoms with Gasteiger partial charge in [0.25, 0.3) is 0 Å². The summed E-state index contributed by atoms with van der Waals surface area (Å²) in [5.41, 5.74) is 3.45. The number of benzene rings is 1. The number of hydrogen-bond acceptors (Lipinski definition) is 9. The molecule has 5 heterocycles. The number of piperazine rings is 1.